The van der Waals surface area contributed by atoms with Crippen LogP contribution in [0, 0.1) is 0 Å². The van der Waals surface area contributed by atoms with Crippen molar-refractivity contribution in [2.75, 3.05) is 11.9 Å². The minimum absolute atomic E-state index is 0.177. The summed E-state index contributed by atoms with van der Waals surface area (Å²) in [4.78, 5) is 12.4. The molecule has 0 radical (unpaired) electrons. The molecular formula is C21H25N5O2. The number of tetrazole rings is 1. The Balaban J connectivity index is 1.47. The van der Waals surface area contributed by atoms with E-state index < -0.39 is 0 Å². The van der Waals surface area contributed by atoms with Crippen LogP contribution in [0.25, 0.3) is 11.4 Å². The summed E-state index contributed by atoms with van der Waals surface area (Å²) < 4.78 is 5.75. The maximum atomic E-state index is 12.4. The molecule has 28 heavy (non-hydrogen) atoms. The number of benzene rings is 2. The molecule has 2 aromatic carbocycles. The first-order valence-electron chi connectivity index (χ1n) is 9.64. The van der Waals surface area contributed by atoms with Crippen molar-refractivity contribution >= 4 is 11.6 Å². The average Bonchev–Trinajstić information content (AvgIpc) is 3.27. The van der Waals surface area contributed by atoms with Crippen LogP contribution in [0.2, 0.25) is 0 Å². The number of carbonyl (C=O) groups is 1. The fourth-order valence-corrected chi connectivity index (χ4v) is 2.79. The Morgan fingerprint density at radius 1 is 1.00 bits per heavy atom. The van der Waals surface area contributed by atoms with Crippen LogP contribution in [0.5, 0.6) is 5.75 Å². The average molecular weight is 379 g/mol. The first-order valence-corrected chi connectivity index (χ1v) is 9.64. The van der Waals surface area contributed by atoms with Gasteiger partial charge in [0, 0.05) is 16.8 Å². The molecule has 2 N–H and O–H groups in total. The predicted molar refractivity (Wildman–Crippen MR) is 108 cm³/mol. The van der Waals surface area contributed by atoms with Crippen LogP contribution in [-0.2, 0) is 0 Å². The SMILES string of the molecule is CCCCCCCOc1ccc(NC(=O)c2ccc(-c3nn[nH]n3)cc2)cc1. The number of amides is 1. The molecule has 1 aromatic heterocycles. The summed E-state index contributed by atoms with van der Waals surface area (Å²) in [6.07, 6.45) is 6.07. The number of hydrogen-bond donors (Lipinski definition) is 2. The summed E-state index contributed by atoms with van der Waals surface area (Å²) in [5.74, 6) is 1.13. The molecule has 146 valence electrons. The molecular weight excluding hydrogens is 354 g/mol. The van der Waals surface area contributed by atoms with Crippen LogP contribution in [-0.4, -0.2) is 33.1 Å². The van der Waals surface area contributed by atoms with E-state index >= 15 is 0 Å². The van der Waals surface area contributed by atoms with Gasteiger partial charge in [0.2, 0.25) is 5.82 Å². The molecule has 0 saturated carbocycles. The van der Waals surface area contributed by atoms with Crippen molar-refractivity contribution < 1.29 is 9.53 Å². The largest absolute Gasteiger partial charge is 0.494 e. The van der Waals surface area contributed by atoms with Crippen molar-refractivity contribution in [1.82, 2.24) is 20.6 Å². The number of aromatic nitrogens is 4. The summed E-state index contributed by atoms with van der Waals surface area (Å²) in [5.41, 5.74) is 2.07. The Bertz CT molecular complexity index is 846. The van der Waals surface area contributed by atoms with Crippen molar-refractivity contribution in [2.45, 2.75) is 39.0 Å². The van der Waals surface area contributed by atoms with Gasteiger partial charge in [-0.1, -0.05) is 44.7 Å². The minimum atomic E-state index is -0.177. The van der Waals surface area contributed by atoms with Crippen LogP contribution in [0.15, 0.2) is 48.5 Å². The van der Waals surface area contributed by atoms with Crippen molar-refractivity contribution in [3.63, 3.8) is 0 Å². The second kappa shape index (κ2) is 10.2. The Labute approximate surface area is 164 Å². The van der Waals surface area contributed by atoms with Crippen molar-refractivity contribution in [1.29, 1.82) is 0 Å². The van der Waals surface area contributed by atoms with Crippen LogP contribution < -0.4 is 10.1 Å². The third-order valence-electron chi connectivity index (χ3n) is 4.38. The van der Waals surface area contributed by atoms with Gasteiger partial charge >= 0.3 is 0 Å². The summed E-state index contributed by atoms with van der Waals surface area (Å²) in [6.45, 7) is 2.93. The van der Waals surface area contributed by atoms with E-state index in [-0.39, 0.29) is 5.91 Å². The Morgan fingerprint density at radius 2 is 1.75 bits per heavy atom. The van der Waals surface area contributed by atoms with Crippen molar-refractivity contribution in [3.8, 4) is 17.1 Å². The number of aromatic amines is 1. The van der Waals surface area contributed by atoms with Crippen LogP contribution in [0.3, 0.4) is 0 Å². The summed E-state index contributed by atoms with van der Waals surface area (Å²) >= 11 is 0. The van der Waals surface area contributed by atoms with Gasteiger partial charge in [-0.15, -0.1) is 10.2 Å². The highest BCUT2D eigenvalue weighted by Crippen LogP contribution is 2.18. The quantitative estimate of drug-likeness (QED) is 0.507. The fourth-order valence-electron chi connectivity index (χ4n) is 2.79. The van der Waals surface area contributed by atoms with Crippen LogP contribution in [0.4, 0.5) is 5.69 Å². The number of H-pyrrole nitrogens is 1. The fraction of sp³-hybridized carbons (Fsp3) is 0.333. The lowest BCUT2D eigenvalue weighted by Crippen LogP contribution is -2.11. The first-order chi connectivity index (χ1) is 13.8. The van der Waals surface area contributed by atoms with E-state index in [1.54, 1.807) is 24.3 Å². The number of nitrogens with zero attached hydrogens (tertiary/aromatic N) is 3. The molecule has 7 heteroatoms. The summed E-state index contributed by atoms with van der Waals surface area (Å²) in [7, 11) is 0. The van der Waals surface area contributed by atoms with Crippen molar-refractivity contribution in [2.24, 2.45) is 0 Å². The third-order valence-corrected chi connectivity index (χ3v) is 4.38. The Hall–Kier alpha value is -3.22. The number of unbranched alkanes of at least 4 members (excludes halogenated alkanes) is 4. The standard InChI is InChI=1S/C21H25N5O2/c1-2-3-4-5-6-15-28-19-13-11-18(12-14-19)22-21(27)17-9-7-16(8-10-17)20-23-25-26-24-20/h7-14H,2-6,15H2,1H3,(H,22,27)(H,23,24,25,26). The van der Waals surface area contributed by atoms with Gasteiger partial charge in [0.1, 0.15) is 5.75 Å². The maximum absolute atomic E-state index is 12.4. The lowest BCUT2D eigenvalue weighted by atomic mass is 10.1. The number of carbonyl (C=O) groups excluding carboxylic acids is 1. The molecule has 0 bridgehead atoms. The lowest BCUT2D eigenvalue weighted by molar-refractivity contribution is 0.102. The number of nitrogens with one attached hydrogen (secondary N) is 2. The van der Waals surface area contributed by atoms with E-state index in [1.165, 1.54) is 25.7 Å². The molecule has 0 saturated heterocycles. The van der Waals surface area contributed by atoms with E-state index in [1.807, 2.05) is 24.3 Å². The predicted octanol–water partition coefficient (Wildman–Crippen LogP) is 4.47. The minimum Gasteiger partial charge on any atom is -0.494 e. The molecule has 0 aliphatic rings. The molecule has 1 amide bonds. The highest BCUT2D eigenvalue weighted by Gasteiger charge is 2.08. The topological polar surface area (TPSA) is 92.8 Å². The van der Waals surface area contributed by atoms with E-state index in [0.717, 1.165) is 30.0 Å². The van der Waals surface area contributed by atoms with E-state index in [0.29, 0.717) is 11.4 Å². The molecule has 0 fully saturated rings. The smallest absolute Gasteiger partial charge is 0.255 e. The van der Waals surface area contributed by atoms with Gasteiger partial charge in [0.15, 0.2) is 0 Å². The van der Waals surface area contributed by atoms with Gasteiger partial charge in [-0.05, 0) is 48.0 Å². The van der Waals surface area contributed by atoms with Gasteiger partial charge in [-0.25, -0.2) is 0 Å². The molecule has 0 atom stereocenters. The molecule has 0 aliphatic heterocycles. The molecule has 0 unspecified atom stereocenters. The zero-order valence-electron chi connectivity index (χ0n) is 16.0. The molecule has 3 aromatic rings. The monoisotopic (exact) mass is 379 g/mol. The van der Waals surface area contributed by atoms with E-state index in [4.69, 9.17) is 4.74 Å². The number of anilines is 1. The first kappa shape index (κ1) is 19.5. The molecule has 1 heterocycles. The second-order valence-corrected chi connectivity index (χ2v) is 6.55. The molecule has 0 aliphatic carbocycles. The third kappa shape index (κ3) is 5.64. The van der Waals surface area contributed by atoms with E-state index in [9.17, 15) is 4.79 Å². The van der Waals surface area contributed by atoms with E-state index in [2.05, 4.69) is 32.9 Å². The lowest BCUT2D eigenvalue weighted by Gasteiger charge is -2.09. The maximum Gasteiger partial charge on any atom is 0.255 e. The summed E-state index contributed by atoms with van der Waals surface area (Å²) in [5, 5.41) is 16.7. The molecule has 0 spiro atoms. The molecule has 7 nitrogen and oxygen atoms in total. The van der Waals surface area contributed by atoms with Gasteiger partial charge in [-0.2, -0.15) is 5.21 Å². The normalized spacial score (nSPS) is 10.6. The zero-order chi connectivity index (χ0) is 19.6. The molecule has 3 rings (SSSR count). The number of rotatable bonds is 10. The Kier molecular flexibility index (Phi) is 7.12. The van der Waals surface area contributed by atoms with Crippen molar-refractivity contribution in [3.05, 3.63) is 54.1 Å². The van der Waals surface area contributed by atoms with Crippen LogP contribution in [0.1, 0.15) is 49.4 Å². The van der Waals surface area contributed by atoms with Gasteiger partial charge < -0.3 is 10.1 Å². The van der Waals surface area contributed by atoms with Gasteiger partial charge in [0.25, 0.3) is 5.91 Å². The highest BCUT2D eigenvalue weighted by molar-refractivity contribution is 6.04. The number of ether oxygens (including phenoxy) is 1. The highest BCUT2D eigenvalue weighted by atomic mass is 16.5. The van der Waals surface area contributed by atoms with Gasteiger partial charge in [0.05, 0.1) is 6.61 Å². The van der Waals surface area contributed by atoms with Gasteiger partial charge in [-0.3, -0.25) is 4.79 Å². The van der Waals surface area contributed by atoms with Crippen LogP contribution >= 0.6 is 0 Å². The number of hydrogen-bond acceptors (Lipinski definition) is 5. The second-order valence-electron chi connectivity index (χ2n) is 6.55. The Morgan fingerprint density at radius 3 is 2.43 bits per heavy atom. The summed E-state index contributed by atoms with van der Waals surface area (Å²) in [6, 6.07) is 14.5. The zero-order valence-corrected chi connectivity index (χ0v) is 16.0.